The molecule has 2 aromatic rings. The molecule has 1 unspecified atom stereocenters. The van der Waals surface area contributed by atoms with E-state index in [1.54, 1.807) is 0 Å². The molecule has 0 aliphatic carbocycles. The van der Waals surface area contributed by atoms with Gasteiger partial charge in [0.05, 0.1) is 0 Å². The van der Waals surface area contributed by atoms with Gasteiger partial charge in [-0.25, -0.2) is 4.98 Å². The lowest BCUT2D eigenvalue weighted by molar-refractivity contribution is -0.141. The highest BCUT2D eigenvalue weighted by Gasteiger charge is 2.34. The highest BCUT2D eigenvalue weighted by atomic mass is 32.2. The minimum absolute atomic E-state index is 0.0596. The molecule has 0 spiro atoms. The Morgan fingerprint density at radius 2 is 2.24 bits per heavy atom. The maximum absolute atomic E-state index is 12.8. The van der Waals surface area contributed by atoms with Gasteiger partial charge >= 0.3 is 6.18 Å². The maximum Gasteiger partial charge on any atom is 0.433 e. The molecule has 2 heterocycles. The van der Waals surface area contributed by atoms with Gasteiger partial charge < -0.3 is 10.4 Å². The van der Waals surface area contributed by atoms with Crippen LogP contribution in [0.2, 0.25) is 0 Å². The van der Waals surface area contributed by atoms with Crippen molar-refractivity contribution < 1.29 is 18.3 Å². The zero-order valence-corrected chi connectivity index (χ0v) is 11.9. The summed E-state index contributed by atoms with van der Waals surface area (Å²) >= 11 is 1.53. The van der Waals surface area contributed by atoms with E-state index in [1.807, 2.05) is 6.26 Å². The van der Waals surface area contributed by atoms with Crippen LogP contribution in [0.1, 0.15) is 12.1 Å². The van der Waals surface area contributed by atoms with Crippen molar-refractivity contribution in [2.24, 2.45) is 0 Å². The van der Waals surface area contributed by atoms with Gasteiger partial charge in [0.25, 0.3) is 5.78 Å². The molecule has 10 heteroatoms. The van der Waals surface area contributed by atoms with Crippen LogP contribution < -0.4 is 5.32 Å². The van der Waals surface area contributed by atoms with Gasteiger partial charge in [-0.3, -0.25) is 0 Å². The van der Waals surface area contributed by atoms with E-state index in [1.165, 1.54) is 16.3 Å². The Kier molecular flexibility index (Phi) is 4.88. The van der Waals surface area contributed by atoms with Gasteiger partial charge in [-0.15, -0.1) is 0 Å². The number of halogens is 3. The van der Waals surface area contributed by atoms with Gasteiger partial charge in [-0.05, 0) is 12.7 Å². The molecular formula is C11H14F3N5OS. The minimum Gasteiger partial charge on any atom is -0.396 e. The summed E-state index contributed by atoms with van der Waals surface area (Å²) in [5, 5.41) is 15.8. The van der Waals surface area contributed by atoms with Crippen molar-refractivity contribution in [2.75, 3.05) is 23.9 Å². The number of aliphatic hydroxyl groups excluding tert-OH is 1. The van der Waals surface area contributed by atoms with Gasteiger partial charge in [-0.1, -0.05) is 0 Å². The van der Waals surface area contributed by atoms with E-state index in [-0.39, 0.29) is 24.2 Å². The average molecular weight is 321 g/mol. The van der Waals surface area contributed by atoms with Crippen LogP contribution in [0, 0.1) is 0 Å². The second-order valence-electron chi connectivity index (χ2n) is 4.31. The first-order valence-electron chi connectivity index (χ1n) is 6.10. The van der Waals surface area contributed by atoms with Crippen molar-refractivity contribution in [1.29, 1.82) is 0 Å². The third-order valence-corrected chi connectivity index (χ3v) is 3.48. The van der Waals surface area contributed by atoms with Crippen molar-refractivity contribution in [1.82, 2.24) is 19.6 Å². The zero-order valence-electron chi connectivity index (χ0n) is 11.1. The molecule has 0 saturated carbocycles. The fourth-order valence-corrected chi connectivity index (χ4v) is 2.48. The largest absolute Gasteiger partial charge is 0.433 e. The first-order valence-corrected chi connectivity index (χ1v) is 7.49. The minimum atomic E-state index is -4.56. The van der Waals surface area contributed by atoms with Crippen LogP contribution in [0.15, 0.2) is 12.4 Å². The summed E-state index contributed by atoms with van der Waals surface area (Å²) in [5.74, 6) is 0.664. The molecule has 0 radical (unpaired) electrons. The molecule has 2 N–H and O–H groups in total. The van der Waals surface area contributed by atoms with Gasteiger partial charge in [-0.2, -0.15) is 39.5 Å². The SMILES string of the molecule is CSCC(CCO)Nc1cc(C(F)(F)F)nc2ncnn12. The number of nitrogens with one attached hydrogen (secondary N) is 1. The summed E-state index contributed by atoms with van der Waals surface area (Å²) in [6, 6.07) is 0.715. The number of aliphatic hydroxyl groups is 1. The van der Waals surface area contributed by atoms with Crippen LogP contribution in [0.4, 0.5) is 19.0 Å². The molecule has 0 aliphatic heterocycles. The first kappa shape index (κ1) is 15.8. The second kappa shape index (κ2) is 6.48. The first-order chi connectivity index (χ1) is 9.95. The lowest BCUT2D eigenvalue weighted by atomic mass is 10.2. The molecule has 0 saturated heterocycles. The third kappa shape index (κ3) is 3.76. The lowest BCUT2D eigenvalue weighted by Crippen LogP contribution is -2.26. The van der Waals surface area contributed by atoms with E-state index in [0.29, 0.717) is 12.2 Å². The fraction of sp³-hybridized carbons (Fsp3) is 0.545. The molecule has 0 aromatic carbocycles. The van der Waals surface area contributed by atoms with Crippen molar-refractivity contribution in [3.05, 3.63) is 18.1 Å². The third-order valence-electron chi connectivity index (χ3n) is 2.74. The predicted octanol–water partition coefficient (Wildman–Crippen LogP) is 1.67. The summed E-state index contributed by atoms with van der Waals surface area (Å²) in [6.45, 7) is -0.0596. The van der Waals surface area contributed by atoms with Crippen LogP contribution in [-0.4, -0.2) is 49.3 Å². The summed E-state index contributed by atoms with van der Waals surface area (Å²) in [7, 11) is 0. The Bertz CT molecular complexity index is 597. The van der Waals surface area contributed by atoms with Crippen LogP contribution in [0.5, 0.6) is 0 Å². The lowest BCUT2D eigenvalue weighted by Gasteiger charge is -2.19. The maximum atomic E-state index is 12.8. The number of fused-ring (bicyclic) bond motifs is 1. The average Bonchev–Trinajstić information content (AvgIpc) is 2.86. The Labute approximate surface area is 122 Å². The Morgan fingerprint density at radius 1 is 1.48 bits per heavy atom. The van der Waals surface area contributed by atoms with Crippen LogP contribution in [-0.2, 0) is 6.18 Å². The molecule has 6 nitrogen and oxygen atoms in total. The zero-order chi connectivity index (χ0) is 15.5. The smallest absolute Gasteiger partial charge is 0.396 e. The summed E-state index contributed by atoms with van der Waals surface area (Å²) in [5.41, 5.74) is -1.03. The quantitative estimate of drug-likeness (QED) is 0.843. The number of nitrogens with zero attached hydrogens (tertiary/aromatic N) is 4. The van der Waals surface area contributed by atoms with E-state index in [9.17, 15) is 13.2 Å². The normalized spacial score (nSPS) is 13.6. The van der Waals surface area contributed by atoms with E-state index >= 15 is 0 Å². The number of hydrogen-bond acceptors (Lipinski definition) is 6. The van der Waals surface area contributed by atoms with Crippen LogP contribution >= 0.6 is 11.8 Å². The van der Waals surface area contributed by atoms with E-state index in [2.05, 4.69) is 20.4 Å². The monoisotopic (exact) mass is 321 g/mol. The molecule has 21 heavy (non-hydrogen) atoms. The highest BCUT2D eigenvalue weighted by molar-refractivity contribution is 7.98. The van der Waals surface area contributed by atoms with E-state index in [4.69, 9.17) is 5.11 Å². The van der Waals surface area contributed by atoms with E-state index in [0.717, 1.165) is 12.4 Å². The molecule has 0 aliphatic rings. The molecule has 1 atom stereocenters. The summed E-state index contributed by atoms with van der Waals surface area (Å²) < 4.78 is 39.7. The number of alkyl halides is 3. The molecule has 2 rings (SSSR count). The van der Waals surface area contributed by atoms with E-state index < -0.39 is 11.9 Å². The predicted molar refractivity (Wildman–Crippen MR) is 73.3 cm³/mol. The summed E-state index contributed by atoms with van der Waals surface area (Å²) in [6.07, 6.45) is -1.12. The molecule has 0 amide bonds. The van der Waals surface area contributed by atoms with Crippen LogP contribution in [0.3, 0.4) is 0 Å². The number of anilines is 1. The van der Waals surface area contributed by atoms with Crippen molar-refractivity contribution in [3.8, 4) is 0 Å². The van der Waals surface area contributed by atoms with Crippen molar-refractivity contribution in [3.63, 3.8) is 0 Å². The van der Waals surface area contributed by atoms with Gasteiger partial charge in [0.2, 0.25) is 0 Å². The van der Waals surface area contributed by atoms with Gasteiger partial charge in [0.1, 0.15) is 12.1 Å². The molecular weight excluding hydrogens is 307 g/mol. The molecule has 0 fully saturated rings. The highest BCUT2D eigenvalue weighted by Crippen LogP contribution is 2.29. The number of thioether (sulfide) groups is 1. The van der Waals surface area contributed by atoms with Crippen molar-refractivity contribution >= 4 is 23.4 Å². The van der Waals surface area contributed by atoms with Gasteiger partial charge in [0.15, 0.2) is 5.69 Å². The molecule has 116 valence electrons. The topological polar surface area (TPSA) is 75.3 Å². The van der Waals surface area contributed by atoms with Crippen molar-refractivity contribution in [2.45, 2.75) is 18.6 Å². The second-order valence-corrected chi connectivity index (χ2v) is 5.22. The Morgan fingerprint density at radius 3 is 2.86 bits per heavy atom. The number of hydrogen-bond donors (Lipinski definition) is 2. The number of aromatic nitrogens is 4. The molecule has 2 aromatic heterocycles. The van der Waals surface area contributed by atoms with Crippen LogP contribution in [0.25, 0.3) is 5.78 Å². The Hall–Kier alpha value is -1.55. The fourth-order valence-electron chi connectivity index (χ4n) is 1.82. The molecule has 0 bridgehead atoms. The number of rotatable bonds is 6. The summed E-state index contributed by atoms with van der Waals surface area (Å²) in [4.78, 5) is 7.14. The Balaban J connectivity index is 2.38. The van der Waals surface area contributed by atoms with Gasteiger partial charge in [0, 0.05) is 24.5 Å². The standard InChI is InChI=1S/C11H14F3N5OS/c1-21-5-7(2-3-20)17-9-4-8(11(12,13)14)18-10-15-6-16-19(9)10/h4,6-7,17,20H,2-3,5H2,1H3.